The van der Waals surface area contributed by atoms with E-state index in [-0.39, 0.29) is 11.7 Å². The number of rotatable bonds is 9. The van der Waals surface area contributed by atoms with Crippen LogP contribution in [0.15, 0.2) is 30.0 Å². The van der Waals surface area contributed by atoms with E-state index < -0.39 is 10.6 Å². The second kappa shape index (κ2) is 9.49. The first-order valence-electron chi connectivity index (χ1n) is 9.06. The first kappa shape index (κ1) is 20.1. The summed E-state index contributed by atoms with van der Waals surface area (Å²) in [6, 6.07) is 7.86. The van der Waals surface area contributed by atoms with Gasteiger partial charge in [0, 0.05) is 0 Å². The van der Waals surface area contributed by atoms with Crippen molar-refractivity contribution in [1.82, 2.24) is 5.32 Å². The number of hydrogen-bond donors (Lipinski definition) is 1. The van der Waals surface area contributed by atoms with Crippen LogP contribution in [-0.4, -0.2) is 16.5 Å². The van der Waals surface area contributed by atoms with Gasteiger partial charge in [-0.05, 0) is 25.0 Å². The van der Waals surface area contributed by atoms with Crippen LogP contribution in [0.1, 0.15) is 63.0 Å². The minimum absolute atomic E-state index is 0.252. The molecule has 3 nitrogen and oxygen atoms in total. The van der Waals surface area contributed by atoms with Crippen molar-refractivity contribution < 1.29 is 9.53 Å². The van der Waals surface area contributed by atoms with Crippen molar-refractivity contribution in [2.45, 2.75) is 69.4 Å². The maximum atomic E-state index is 12.1. The molecule has 1 amide bonds. The fourth-order valence-electron chi connectivity index (χ4n) is 2.78. The van der Waals surface area contributed by atoms with Crippen LogP contribution in [-0.2, 0) is 9.53 Å². The fourth-order valence-corrected chi connectivity index (χ4v) is 3.24. The number of carbonyl (C=O) groups is 1. The number of unbranched alkanes of at least 4 members (excludes halogenated alkanes) is 5. The van der Waals surface area contributed by atoms with Gasteiger partial charge < -0.3 is 10.1 Å². The van der Waals surface area contributed by atoms with E-state index >= 15 is 0 Å². The SMILES string of the molecule is CCCCCCCCC(Cl)(Cl)C1NC(=O)/C(=C/c2ccc(C)cc2)O1. The number of alkyl halides is 2. The van der Waals surface area contributed by atoms with Gasteiger partial charge in [0.25, 0.3) is 5.91 Å². The topological polar surface area (TPSA) is 38.3 Å². The van der Waals surface area contributed by atoms with E-state index in [1.807, 2.05) is 31.2 Å². The number of benzene rings is 1. The average Bonchev–Trinajstić information content (AvgIpc) is 2.95. The van der Waals surface area contributed by atoms with Crippen molar-refractivity contribution >= 4 is 35.2 Å². The van der Waals surface area contributed by atoms with Crippen LogP contribution < -0.4 is 5.32 Å². The Balaban J connectivity index is 1.88. The molecule has 0 aliphatic carbocycles. The van der Waals surface area contributed by atoms with E-state index in [0.717, 1.165) is 24.0 Å². The van der Waals surface area contributed by atoms with E-state index in [1.165, 1.54) is 25.7 Å². The summed E-state index contributed by atoms with van der Waals surface area (Å²) < 4.78 is 4.58. The summed E-state index contributed by atoms with van der Waals surface area (Å²) in [5, 5.41) is 2.74. The lowest BCUT2D eigenvalue weighted by atomic mass is 10.1. The fraction of sp³-hybridized carbons (Fsp3) is 0.550. The number of amides is 1. The molecule has 1 aromatic carbocycles. The number of nitrogens with one attached hydrogen (secondary N) is 1. The molecule has 1 aliphatic heterocycles. The van der Waals surface area contributed by atoms with Crippen molar-refractivity contribution in [2.24, 2.45) is 0 Å². The Kier molecular flexibility index (Phi) is 7.64. The molecule has 1 unspecified atom stereocenters. The molecule has 25 heavy (non-hydrogen) atoms. The molecule has 138 valence electrons. The molecule has 0 saturated carbocycles. The molecule has 1 aromatic rings. The van der Waals surface area contributed by atoms with Crippen LogP contribution in [0, 0.1) is 6.92 Å². The number of ether oxygens (including phenoxy) is 1. The zero-order valence-corrected chi connectivity index (χ0v) is 16.5. The highest BCUT2D eigenvalue weighted by Gasteiger charge is 2.43. The van der Waals surface area contributed by atoms with Crippen molar-refractivity contribution in [2.75, 3.05) is 0 Å². The maximum absolute atomic E-state index is 12.1. The lowest BCUT2D eigenvalue weighted by molar-refractivity contribution is -0.116. The van der Waals surface area contributed by atoms with E-state index in [9.17, 15) is 4.79 Å². The van der Waals surface area contributed by atoms with E-state index in [4.69, 9.17) is 27.9 Å². The summed E-state index contributed by atoms with van der Waals surface area (Å²) in [6.45, 7) is 4.22. The number of hydrogen-bond acceptors (Lipinski definition) is 2. The maximum Gasteiger partial charge on any atom is 0.289 e. The molecule has 0 radical (unpaired) electrons. The summed E-state index contributed by atoms with van der Waals surface area (Å²) in [5.41, 5.74) is 2.07. The minimum Gasteiger partial charge on any atom is -0.462 e. The second-order valence-corrected chi connectivity index (χ2v) is 8.21. The summed E-state index contributed by atoms with van der Waals surface area (Å²) in [4.78, 5) is 12.1. The Morgan fingerprint density at radius 1 is 1.12 bits per heavy atom. The zero-order chi connectivity index (χ0) is 18.3. The molecule has 0 bridgehead atoms. The number of halogens is 2. The first-order valence-corrected chi connectivity index (χ1v) is 9.81. The molecule has 1 fully saturated rings. The van der Waals surface area contributed by atoms with Crippen molar-refractivity contribution in [3.8, 4) is 0 Å². The highest BCUT2D eigenvalue weighted by atomic mass is 35.5. The number of carbonyl (C=O) groups excluding carboxylic acids is 1. The number of aryl methyl sites for hydroxylation is 1. The van der Waals surface area contributed by atoms with Gasteiger partial charge in [-0.1, -0.05) is 98.5 Å². The molecule has 0 aromatic heterocycles. The normalized spacial score (nSPS) is 19.1. The van der Waals surface area contributed by atoms with Crippen LogP contribution in [0.4, 0.5) is 0 Å². The van der Waals surface area contributed by atoms with Gasteiger partial charge >= 0.3 is 0 Å². The molecule has 1 heterocycles. The third-order valence-electron chi connectivity index (χ3n) is 4.35. The molecule has 0 spiro atoms. The van der Waals surface area contributed by atoms with Gasteiger partial charge in [-0.25, -0.2) is 0 Å². The van der Waals surface area contributed by atoms with Crippen LogP contribution in [0.2, 0.25) is 0 Å². The van der Waals surface area contributed by atoms with E-state index in [0.29, 0.717) is 6.42 Å². The Bertz CT molecular complexity index is 596. The van der Waals surface area contributed by atoms with Crippen molar-refractivity contribution in [3.63, 3.8) is 0 Å². The molecule has 5 heteroatoms. The quantitative estimate of drug-likeness (QED) is 0.335. The molecular weight excluding hydrogens is 357 g/mol. The molecule has 1 N–H and O–H groups in total. The predicted molar refractivity (Wildman–Crippen MR) is 105 cm³/mol. The van der Waals surface area contributed by atoms with Gasteiger partial charge in [0.05, 0.1) is 0 Å². The van der Waals surface area contributed by atoms with Crippen LogP contribution in [0.3, 0.4) is 0 Å². The van der Waals surface area contributed by atoms with Gasteiger partial charge in [0.2, 0.25) is 6.23 Å². The molecular formula is C20H27Cl2NO2. The van der Waals surface area contributed by atoms with Crippen molar-refractivity contribution in [1.29, 1.82) is 0 Å². The van der Waals surface area contributed by atoms with E-state index in [1.54, 1.807) is 6.08 Å². The third kappa shape index (κ3) is 6.23. The van der Waals surface area contributed by atoms with Crippen LogP contribution in [0.5, 0.6) is 0 Å². The van der Waals surface area contributed by atoms with Gasteiger partial charge in [0.1, 0.15) is 0 Å². The Morgan fingerprint density at radius 3 is 2.44 bits per heavy atom. The summed E-state index contributed by atoms with van der Waals surface area (Å²) in [6.07, 6.45) is 8.53. The van der Waals surface area contributed by atoms with Crippen LogP contribution >= 0.6 is 23.2 Å². The third-order valence-corrected chi connectivity index (χ3v) is 5.13. The molecule has 1 saturated heterocycles. The highest BCUT2D eigenvalue weighted by Crippen LogP contribution is 2.36. The predicted octanol–water partition coefficient (Wildman–Crippen LogP) is 5.73. The lowest BCUT2D eigenvalue weighted by Gasteiger charge is -2.25. The second-order valence-electron chi connectivity index (χ2n) is 6.67. The van der Waals surface area contributed by atoms with Gasteiger partial charge in [-0.2, -0.15) is 0 Å². The summed E-state index contributed by atoms with van der Waals surface area (Å²) in [5.74, 6) is -0.0262. The lowest BCUT2D eigenvalue weighted by Crippen LogP contribution is -2.41. The van der Waals surface area contributed by atoms with Crippen LogP contribution in [0.25, 0.3) is 6.08 Å². The Morgan fingerprint density at radius 2 is 1.76 bits per heavy atom. The molecule has 1 atom stereocenters. The Labute approximate surface area is 160 Å². The molecule has 2 rings (SSSR count). The smallest absolute Gasteiger partial charge is 0.289 e. The van der Waals surface area contributed by atoms with E-state index in [2.05, 4.69) is 12.2 Å². The minimum atomic E-state index is -1.12. The standard InChI is InChI=1S/C20H27Cl2NO2/c1-3-4-5-6-7-8-13-20(21,22)19-23-18(24)17(25-19)14-16-11-9-15(2)10-12-16/h9-12,14,19H,3-8,13H2,1-2H3,(H,23,24)/b17-14-. The molecule has 1 aliphatic rings. The van der Waals surface area contributed by atoms with Gasteiger partial charge in [0.15, 0.2) is 10.1 Å². The summed E-state index contributed by atoms with van der Waals surface area (Å²) in [7, 11) is 0. The summed E-state index contributed by atoms with van der Waals surface area (Å²) >= 11 is 12.9. The first-order chi connectivity index (χ1) is 11.9. The highest BCUT2D eigenvalue weighted by molar-refractivity contribution is 6.49. The largest absolute Gasteiger partial charge is 0.462 e. The average molecular weight is 384 g/mol. The zero-order valence-electron chi connectivity index (χ0n) is 15.0. The van der Waals surface area contributed by atoms with Gasteiger partial charge in [-0.3, -0.25) is 4.79 Å². The van der Waals surface area contributed by atoms with Crippen molar-refractivity contribution in [3.05, 3.63) is 41.2 Å². The van der Waals surface area contributed by atoms with Gasteiger partial charge in [-0.15, -0.1) is 0 Å². The monoisotopic (exact) mass is 383 g/mol. The Hall–Kier alpha value is -1.19.